The standard InChI is InChI=1S/C22H29N5S/c1-9-17-20(28-21(25-17)24-13(2)3)19-15(5)18(26-27(19)22(6,7)8)16-11-10-14(4)23-12-16/h10-12H,2,9H2,1,3-8H3,(H,24,25). The summed E-state index contributed by atoms with van der Waals surface area (Å²) in [4.78, 5) is 10.4. The maximum absolute atomic E-state index is 5.02. The van der Waals surface area contributed by atoms with Crippen molar-refractivity contribution >= 4 is 16.5 Å². The number of thiazole rings is 1. The summed E-state index contributed by atoms with van der Waals surface area (Å²) >= 11 is 1.66. The minimum atomic E-state index is -0.159. The zero-order valence-electron chi connectivity index (χ0n) is 17.8. The van der Waals surface area contributed by atoms with Crippen molar-refractivity contribution in [1.82, 2.24) is 19.7 Å². The molecule has 0 aromatic carbocycles. The fourth-order valence-electron chi connectivity index (χ4n) is 3.14. The van der Waals surface area contributed by atoms with Gasteiger partial charge in [0.15, 0.2) is 5.13 Å². The van der Waals surface area contributed by atoms with Crippen molar-refractivity contribution < 1.29 is 0 Å². The Kier molecular flexibility index (Phi) is 5.44. The maximum atomic E-state index is 5.02. The van der Waals surface area contributed by atoms with E-state index in [1.165, 1.54) is 0 Å². The van der Waals surface area contributed by atoms with Crippen molar-refractivity contribution in [1.29, 1.82) is 0 Å². The lowest BCUT2D eigenvalue weighted by molar-refractivity contribution is 0.361. The molecule has 5 nitrogen and oxygen atoms in total. The molecule has 148 valence electrons. The summed E-state index contributed by atoms with van der Waals surface area (Å²) in [6.45, 7) is 18.7. The monoisotopic (exact) mass is 395 g/mol. The zero-order chi connectivity index (χ0) is 20.6. The highest BCUT2D eigenvalue weighted by atomic mass is 32.1. The molecule has 0 amide bonds. The summed E-state index contributed by atoms with van der Waals surface area (Å²) < 4.78 is 2.13. The lowest BCUT2D eigenvalue weighted by Gasteiger charge is -2.22. The van der Waals surface area contributed by atoms with E-state index in [4.69, 9.17) is 10.1 Å². The number of nitrogens with one attached hydrogen (secondary N) is 1. The molecule has 0 radical (unpaired) electrons. The molecule has 0 atom stereocenters. The van der Waals surface area contributed by atoms with Gasteiger partial charge in [-0.3, -0.25) is 9.67 Å². The largest absolute Gasteiger partial charge is 0.336 e. The van der Waals surface area contributed by atoms with Crippen LogP contribution in [0.25, 0.3) is 21.8 Å². The van der Waals surface area contributed by atoms with Gasteiger partial charge in [0.05, 0.1) is 27.5 Å². The van der Waals surface area contributed by atoms with Gasteiger partial charge in [0.25, 0.3) is 0 Å². The van der Waals surface area contributed by atoms with Crippen LogP contribution in [0, 0.1) is 13.8 Å². The van der Waals surface area contributed by atoms with Gasteiger partial charge in [-0.05, 0) is 60.1 Å². The molecule has 1 N–H and O–H groups in total. The van der Waals surface area contributed by atoms with E-state index in [1.807, 2.05) is 26.1 Å². The number of hydrogen-bond acceptors (Lipinski definition) is 5. The smallest absolute Gasteiger partial charge is 0.187 e. The fraction of sp³-hybridized carbons (Fsp3) is 0.409. The molecule has 28 heavy (non-hydrogen) atoms. The normalized spacial score (nSPS) is 11.7. The van der Waals surface area contributed by atoms with Crippen molar-refractivity contribution in [3.63, 3.8) is 0 Å². The lowest BCUT2D eigenvalue weighted by atomic mass is 10.0. The van der Waals surface area contributed by atoms with Crippen LogP contribution >= 0.6 is 11.3 Å². The molecule has 0 saturated carbocycles. The topological polar surface area (TPSA) is 55.6 Å². The second-order valence-electron chi connectivity index (χ2n) is 8.15. The third-order valence-electron chi connectivity index (χ3n) is 4.51. The molecular formula is C22H29N5S. The first-order chi connectivity index (χ1) is 13.1. The van der Waals surface area contributed by atoms with Gasteiger partial charge < -0.3 is 5.32 Å². The Hall–Kier alpha value is -2.47. The van der Waals surface area contributed by atoms with Gasteiger partial charge in [-0.15, -0.1) is 0 Å². The average Bonchev–Trinajstić information content (AvgIpc) is 3.15. The van der Waals surface area contributed by atoms with Crippen molar-refractivity contribution in [2.45, 2.75) is 60.4 Å². The molecule has 0 spiro atoms. The highest BCUT2D eigenvalue weighted by Crippen LogP contribution is 2.41. The summed E-state index contributed by atoms with van der Waals surface area (Å²) in [5, 5.41) is 9.16. The summed E-state index contributed by atoms with van der Waals surface area (Å²) in [5.41, 5.74) is 7.10. The van der Waals surface area contributed by atoms with Gasteiger partial charge in [0, 0.05) is 28.7 Å². The van der Waals surface area contributed by atoms with Crippen LogP contribution < -0.4 is 5.32 Å². The van der Waals surface area contributed by atoms with Crippen LogP contribution in [0.3, 0.4) is 0 Å². The molecule has 0 saturated heterocycles. The van der Waals surface area contributed by atoms with Crippen LogP contribution in [-0.4, -0.2) is 19.7 Å². The van der Waals surface area contributed by atoms with Gasteiger partial charge in [-0.25, -0.2) is 4.98 Å². The number of aromatic nitrogens is 4. The second kappa shape index (κ2) is 7.51. The van der Waals surface area contributed by atoms with Crippen LogP contribution in [0.2, 0.25) is 0 Å². The first-order valence-corrected chi connectivity index (χ1v) is 10.4. The third kappa shape index (κ3) is 3.87. The number of pyridine rings is 1. The minimum absolute atomic E-state index is 0.159. The Morgan fingerprint density at radius 3 is 2.50 bits per heavy atom. The van der Waals surface area contributed by atoms with E-state index in [0.29, 0.717) is 0 Å². The number of allylic oxidation sites excluding steroid dienone is 1. The summed E-state index contributed by atoms with van der Waals surface area (Å²) in [6, 6.07) is 4.12. The van der Waals surface area contributed by atoms with E-state index >= 15 is 0 Å². The Morgan fingerprint density at radius 2 is 1.96 bits per heavy atom. The summed E-state index contributed by atoms with van der Waals surface area (Å²) in [5.74, 6) is 0. The number of anilines is 1. The molecule has 0 bridgehead atoms. The van der Waals surface area contributed by atoms with E-state index in [2.05, 4.69) is 62.2 Å². The number of nitrogens with zero attached hydrogens (tertiary/aromatic N) is 4. The van der Waals surface area contributed by atoms with Gasteiger partial charge in [-0.2, -0.15) is 5.10 Å². The van der Waals surface area contributed by atoms with Gasteiger partial charge in [-0.1, -0.05) is 24.8 Å². The maximum Gasteiger partial charge on any atom is 0.187 e. The van der Waals surface area contributed by atoms with E-state index in [-0.39, 0.29) is 5.54 Å². The Morgan fingerprint density at radius 1 is 1.25 bits per heavy atom. The summed E-state index contributed by atoms with van der Waals surface area (Å²) in [6.07, 6.45) is 2.77. The van der Waals surface area contributed by atoms with E-state index in [9.17, 15) is 0 Å². The van der Waals surface area contributed by atoms with E-state index in [0.717, 1.165) is 56.0 Å². The first-order valence-electron chi connectivity index (χ1n) is 9.57. The van der Waals surface area contributed by atoms with Crippen molar-refractivity contribution in [3.05, 3.63) is 47.6 Å². The Labute approximate surface area is 171 Å². The van der Waals surface area contributed by atoms with Crippen LogP contribution in [0.4, 0.5) is 5.13 Å². The first kappa shape index (κ1) is 20.3. The number of aryl methyl sites for hydroxylation is 2. The van der Waals surface area contributed by atoms with Gasteiger partial charge in [0.2, 0.25) is 0 Å². The molecule has 3 heterocycles. The van der Waals surface area contributed by atoms with Crippen LogP contribution in [0.5, 0.6) is 0 Å². The van der Waals surface area contributed by atoms with Gasteiger partial charge >= 0.3 is 0 Å². The SMILES string of the molecule is C=C(C)Nc1nc(CC)c(-c2c(C)c(-c3ccc(C)nc3)nn2C(C)(C)C)s1. The molecular weight excluding hydrogens is 366 g/mol. The molecule has 0 aliphatic rings. The zero-order valence-corrected chi connectivity index (χ0v) is 18.7. The molecule has 0 fully saturated rings. The van der Waals surface area contributed by atoms with Crippen molar-refractivity contribution in [2.24, 2.45) is 0 Å². The highest BCUT2D eigenvalue weighted by Gasteiger charge is 2.27. The molecule has 3 aromatic heterocycles. The van der Waals surface area contributed by atoms with Crippen molar-refractivity contribution in [2.75, 3.05) is 5.32 Å². The molecule has 0 unspecified atom stereocenters. The van der Waals surface area contributed by atoms with E-state index in [1.54, 1.807) is 11.3 Å². The van der Waals surface area contributed by atoms with Crippen molar-refractivity contribution in [3.8, 4) is 21.8 Å². The average molecular weight is 396 g/mol. The predicted molar refractivity (Wildman–Crippen MR) is 119 cm³/mol. The predicted octanol–water partition coefficient (Wildman–Crippen LogP) is 5.95. The number of hydrogen-bond donors (Lipinski definition) is 1. The number of rotatable bonds is 5. The Bertz CT molecular complexity index is 1000. The molecule has 3 rings (SSSR count). The highest BCUT2D eigenvalue weighted by molar-refractivity contribution is 7.19. The molecule has 0 aliphatic carbocycles. The summed E-state index contributed by atoms with van der Waals surface area (Å²) in [7, 11) is 0. The molecule has 0 aliphatic heterocycles. The Balaban J connectivity index is 2.24. The molecule has 3 aromatic rings. The second-order valence-corrected chi connectivity index (χ2v) is 9.15. The van der Waals surface area contributed by atoms with Gasteiger partial charge in [0.1, 0.15) is 0 Å². The third-order valence-corrected chi connectivity index (χ3v) is 5.53. The van der Waals surface area contributed by atoms with E-state index < -0.39 is 0 Å². The fourth-order valence-corrected chi connectivity index (χ4v) is 4.36. The molecule has 6 heteroatoms. The quantitative estimate of drug-likeness (QED) is 0.580. The minimum Gasteiger partial charge on any atom is -0.336 e. The van der Waals surface area contributed by atoms with Crippen LogP contribution in [0.15, 0.2) is 30.6 Å². The van der Waals surface area contributed by atoms with Crippen LogP contribution in [0.1, 0.15) is 51.6 Å². The van der Waals surface area contributed by atoms with Crippen LogP contribution in [-0.2, 0) is 12.0 Å². The lowest BCUT2D eigenvalue weighted by Crippen LogP contribution is -2.24.